The summed E-state index contributed by atoms with van der Waals surface area (Å²) in [5.74, 6) is -0.0824. The number of carbonyl (C=O) groups is 1. The molecule has 4 N–H and O–H groups in total. The van der Waals surface area contributed by atoms with Crippen LogP contribution in [-0.4, -0.2) is 73.1 Å². The monoisotopic (exact) mass is 578 g/mol. The Labute approximate surface area is 247 Å². The molecular weight excluding hydrogens is 547 g/mol. The first-order valence-electron chi connectivity index (χ1n) is 13.9. The number of aromatic nitrogens is 7. The average Bonchev–Trinajstić information content (AvgIpc) is 3.60. The number of rotatable bonds is 9. The summed E-state index contributed by atoms with van der Waals surface area (Å²) in [4.78, 5) is 35.7. The Morgan fingerprint density at radius 3 is 2.60 bits per heavy atom. The van der Waals surface area contributed by atoms with Gasteiger partial charge in [-0.2, -0.15) is 5.10 Å². The van der Waals surface area contributed by atoms with E-state index in [2.05, 4.69) is 45.7 Å². The lowest BCUT2D eigenvalue weighted by Crippen LogP contribution is -2.20. The second-order valence-electron chi connectivity index (χ2n) is 10.9. The third-order valence-electron chi connectivity index (χ3n) is 6.99. The third kappa shape index (κ3) is 5.90. The van der Waals surface area contributed by atoms with Crippen molar-refractivity contribution in [1.29, 1.82) is 0 Å². The van der Waals surface area contributed by atoms with Crippen molar-refractivity contribution in [2.45, 2.75) is 13.8 Å². The molecule has 0 bridgehead atoms. The van der Waals surface area contributed by atoms with Crippen LogP contribution in [0.3, 0.4) is 0 Å². The fourth-order valence-electron chi connectivity index (χ4n) is 4.72. The SMILES string of the molecule is CC(C)C(=O)Nc1cncc(-c2cnc3[nH]nc(-c4nc5c(-c6cc(F)cc(NCCN(C)C)c6)ccnc5[nH]4)c3c2)c1. The largest absolute Gasteiger partial charge is 0.384 e. The molecule has 0 spiro atoms. The molecule has 218 valence electrons. The molecule has 6 rings (SSSR count). The number of fused-ring (bicyclic) bond motifs is 2. The molecule has 0 aliphatic rings. The molecule has 5 heterocycles. The molecule has 1 amide bonds. The van der Waals surface area contributed by atoms with Gasteiger partial charge in [0.15, 0.2) is 17.1 Å². The zero-order chi connectivity index (χ0) is 30.1. The Morgan fingerprint density at radius 1 is 0.977 bits per heavy atom. The minimum absolute atomic E-state index is 0.0856. The molecule has 43 heavy (non-hydrogen) atoms. The molecule has 0 atom stereocenters. The number of carbonyl (C=O) groups excluding carboxylic acids is 1. The van der Waals surface area contributed by atoms with Crippen LogP contribution in [0.4, 0.5) is 15.8 Å². The highest BCUT2D eigenvalue weighted by atomic mass is 19.1. The Hall–Kier alpha value is -5.23. The van der Waals surface area contributed by atoms with E-state index < -0.39 is 0 Å². The number of halogens is 1. The molecule has 12 heteroatoms. The van der Waals surface area contributed by atoms with Crippen molar-refractivity contribution in [2.24, 2.45) is 5.92 Å². The summed E-state index contributed by atoms with van der Waals surface area (Å²) in [6, 6.07) is 10.5. The number of likely N-dealkylation sites (N-methyl/N-ethyl adjacent to an activating group) is 1. The van der Waals surface area contributed by atoms with Crippen molar-refractivity contribution in [2.75, 3.05) is 37.8 Å². The van der Waals surface area contributed by atoms with E-state index in [0.717, 1.165) is 28.6 Å². The Kier molecular flexibility index (Phi) is 7.51. The molecule has 5 aromatic heterocycles. The first kappa shape index (κ1) is 27.9. The zero-order valence-electron chi connectivity index (χ0n) is 24.2. The van der Waals surface area contributed by atoms with Gasteiger partial charge in [-0.25, -0.2) is 19.3 Å². The summed E-state index contributed by atoms with van der Waals surface area (Å²) in [6.07, 6.45) is 6.72. The molecule has 0 saturated carbocycles. The smallest absolute Gasteiger partial charge is 0.226 e. The van der Waals surface area contributed by atoms with E-state index in [4.69, 9.17) is 4.98 Å². The normalized spacial score (nSPS) is 11.6. The minimum Gasteiger partial charge on any atom is -0.384 e. The van der Waals surface area contributed by atoms with Crippen molar-refractivity contribution in [3.63, 3.8) is 0 Å². The standard InChI is InChI=1S/C31H31FN10O/c1-17(2)31(43)37-23-11-19(14-33-16-23)20-12-25-27(40-41-28(25)36-15-20)30-38-26-24(5-6-35-29(26)39-30)18-9-21(32)13-22(10-18)34-7-8-42(3)4/h5-6,9-17,34H,7-8H2,1-4H3,(H,37,43)(H,35,38,39)(H,36,40,41). The van der Waals surface area contributed by atoms with Gasteiger partial charge in [-0.05, 0) is 56.1 Å². The number of aromatic amines is 2. The average molecular weight is 579 g/mol. The highest BCUT2D eigenvalue weighted by Crippen LogP contribution is 2.33. The van der Waals surface area contributed by atoms with Gasteiger partial charge in [0.25, 0.3) is 0 Å². The first-order valence-corrected chi connectivity index (χ1v) is 13.9. The quantitative estimate of drug-likeness (QED) is 0.180. The third-order valence-corrected chi connectivity index (χ3v) is 6.99. The zero-order valence-corrected chi connectivity index (χ0v) is 24.2. The maximum absolute atomic E-state index is 14.7. The molecule has 0 aliphatic carbocycles. The predicted octanol–water partition coefficient (Wildman–Crippen LogP) is 5.33. The van der Waals surface area contributed by atoms with Crippen LogP contribution in [0.15, 0.2) is 61.2 Å². The number of nitrogens with zero attached hydrogens (tertiary/aromatic N) is 6. The fourth-order valence-corrected chi connectivity index (χ4v) is 4.72. The van der Waals surface area contributed by atoms with E-state index in [1.807, 2.05) is 52.2 Å². The van der Waals surface area contributed by atoms with E-state index in [9.17, 15) is 9.18 Å². The topological polar surface area (TPSA) is 140 Å². The molecule has 0 saturated heterocycles. The summed E-state index contributed by atoms with van der Waals surface area (Å²) < 4.78 is 14.7. The maximum Gasteiger partial charge on any atom is 0.226 e. The Morgan fingerprint density at radius 2 is 1.79 bits per heavy atom. The fraction of sp³-hybridized carbons (Fsp3) is 0.226. The summed E-state index contributed by atoms with van der Waals surface area (Å²) in [5.41, 5.74) is 6.62. The highest BCUT2D eigenvalue weighted by Gasteiger charge is 2.18. The van der Waals surface area contributed by atoms with Crippen LogP contribution >= 0.6 is 0 Å². The Bertz CT molecular complexity index is 1940. The summed E-state index contributed by atoms with van der Waals surface area (Å²) in [5, 5.41) is 14.4. The Balaban J connectivity index is 1.36. The van der Waals surface area contributed by atoms with Crippen molar-refractivity contribution in [3.05, 3.63) is 67.0 Å². The molecule has 6 aromatic rings. The highest BCUT2D eigenvalue weighted by molar-refractivity contribution is 5.97. The van der Waals surface area contributed by atoms with Crippen LogP contribution in [0.25, 0.3) is 56.0 Å². The minimum atomic E-state index is -0.343. The predicted molar refractivity (Wildman–Crippen MR) is 166 cm³/mol. The van der Waals surface area contributed by atoms with E-state index >= 15 is 0 Å². The number of nitrogens with one attached hydrogen (secondary N) is 4. The number of H-pyrrole nitrogens is 2. The number of imidazole rings is 1. The number of benzene rings is 1. The summed E-state index contributed by atoms with van der Waals surface area (Å²) in [7, 11) is 3.98. The number of hydrogen-bond donors (Lipinski definition) is 4. The van der Waals surface area contributed by atoms with E-state index in [1.54, 1.807) is 24.8 Å². The van der Waals surface area contributed by atoms with Gasteiger partial charge in [-0.15, -0.1) is 0 Å². The van der Waals surface area contributed by atoms with Gasteiger partial charge >= 0.3 is 0 Å². The number of amides is 1. The van der Waals surface area contributed by atoms with Crippen LogP contribution in [0.1, 0.15) is 13.8 Å². The molecule has 11 nitrogen and oxygen atoms in total. The van der Waals surface area contributed by atoms with Crippen molar-refractivity contribution in [1.82, 2.24) is 40.0 Å². The molecule has 1 aromatic carbocycles. The van der Waals surface area contributed by atoms with Crippen LogP contribution in [-0.2, 0) is 4.79 Å². The molecule has 0 unspecified atom stereocenters. The van der Waals surface area contributed by atoms with Crippen molar-refractivity contribution in [3.8, 4) is 33.8 Å². The van der Waals surface area contributed by atoms with E-state index in [1.165, 1.54) is 12.1 Å². The van der Waals surface area contributed by atoms with Crippen molar-refractivity contribution >= 4 is 39.5 Å². The summed E-state index contributed by atoms with van der Waals surface area (Å²) >= 11 is 0. The molecule has 0 fully saturated rings. The van der Waals surface area contributed by atoms with Crippen LogP contribution < -0.4 is 10.6 Å². The lowest BCUT2D eigenvalue weighted by molar-refractivity contribution is -0.118. The maximum atomic E-state index is 14.7. The summed E-state index contributed by atoms with van der Waals surface area (Å²) in [6.45, 7) is 5.17. The number of pyridine rings is 3. The lowest BCUT2D eigenvalue weighted by atomic mass is 10.0. The van der Waals surface area contributed by atoms with E-state index in [0.29, 0.717) is 51.8 Å². The van der Waals surface area contributed by atoms with E-state index in [-0.39, 0.29) is 17.6 Å². The van der Waals surface area contributed by atoms with Crippen LogP contribution in [0.5, 0.6) is 0 Å². The van der Waals surface area contributed by atoms with Gasteiger partial charge in [-0.3, -0.25) is 14.9 Å². The van der Waals surface area contributed by atoms with Crippen LogP contribution in [0, 0.1) is 11.7 Å². The van der Waals surface area contributed by atoms with Gasteiger partial charge in [0.1, 0.15) is 17.0 Å². The second kappa shape index (κ2) is 11.6. The van der Waals surface area contributed by atoms with Gasteiger partial charge in [0.05, 0.1) is 17.3 Å². The number of hydrogen-bond acceptors (Lipinski definition) is 8. The van der Waals surface area contributed by atoms with Gasteiger partial charge in [0, 0.05) is 60.0 Å². The van der Waals surface area contributed by atoms with Gasteiger partial charge in [-0.1, -0.05) is 13.8 Å². The molecular formula is C31H31FN10O. The number of anilines is 2. The van der Waals surface area contributed by atoms with Gasteiger partial charge in [0.2, 0.25) is 5.91 Å². The molecule has 0 aliphatic heterocycles. The van der Waals surface area contributed by atoms with Crippen LogP contribution in [0.2, 0.25) is 0 Å². The lowest BCUT2D eigenvalue weighted by Gasteiger charge is -2.12. The molecule has 0 radical (unpaired) electrons. The van der Waals surface area contributed by atoms with Crippen molar-refractivity contribution < 1.29 is 9.18 Å². The second-order valence-corrected chi connectivity index (χ2v) is 10.9. The first-order chi connectivity index (χ1) is 20.7. The van der Waals surface area contributed by atoms with Gasteiger partial charge < -0.3 is 20.5 Å².